The van der Waals surface area contributed by atoms with Gasteiger partial charge in [0, 0.05) is 16.9 Å². The molecule has 150 valence electrons. The van der Waals surface area contributed by atoms with Crippen molar-refractivity contribution < 1.29 is 9.59 Å². The third-order valence-electron chi connectivity index (χ3n) is 4.36. The summed E-state index contributed by atoms with van der Waals surface area (Å²) in [7, 11) is 0. The molecule has 1 aromatic carbocycles. The van der Waals surface area contributed by atoms with E-state index in [4.69, 9.17) is 12.2 Å². The summed E-state index contributed by atoms with van der Waals surface area (Å²) in [5.41, 5.74) is 1.68. The molecule has 28 heavy (non-hydrogen) atoms. The molecule has 1 aliphatic rings. The molecule has 1 aromatic heterocycles. The number of carbonyl (C=O) groups is 2. The standard InChI is InChI=1S/C19H25N5O2S2/c1-12-5-7-13(8-6-12)16-21-22-18(27)23(16)9-15(25)24-11-28-10-14(24)17(26)20-19(2,3)4/h5-8,14H,9-11H2,1-4H3,(H,20,26)(H,22,27). The highest BCUT2D eigenvalue weighted by Crippen LogP contribution is 2.23. The Hall–Kier alpha value is -2.13. The number of amides is 2. The number of benzene rings is 1. The van der Waals surface area contributed by atoms with Crippen molar-refractivity contribution in [1.82, 2.24) is 25.0 Å². The number of nitrogens with one attached hydrogen (secondary N) is 2. The van der Waals surface area contributed by atoms with Crippen molar-refractivity contribution in [3.63, 3.8) is 0 Å². The minimum absolute atomic E-state index is 0.0401. The summed E-state index contributed by atoms with van der Waals surface area (Å²) in [6, 6.07) is 7.41. The predicted molar refractivity (Wildman–Crippen MR) is 113 cm³/mol. The third kappa shape index (κ3) is 4.64. The minimum Gasteiger partial charge on any atom is -0.350 e. The van der Waals surface area contributed by atoms with Gasteiger partial charge in [-0.15, -0.1) is 11.8 Å². The SMILES string of the molecule is Cc1ccc(-c2n[nH]c(=S)n2CC(=O)N2CSCC2C(=O)NC(C)(C)C)cc1. The van der Waals surface area contributed by atoms with Gasteiger partial charge in [0.05, 0.1) is 5.88 Å². The Morgan fingerprint density at radius 1 is 1.32 bits per heavy atom. The van der Waals surface area contributed by atoms with Crippen LogP contribution in [-0.2, 0) is 16.1 Å². The zero-order valence-electron chi connectivity index (χ0n) is 16.5. The zero-order chi connectivity index (χ0) is 20.5. The lowest BCUT2D eigenvalue weighted by Crippen LogP contribution is -2.52. The van der Waals surface area contributed by atoms with Crippen molar-refractivity contribution in [1.29, 1.82) is 0 Å². The molecule has 2 heterocycles. The number of aromatic amines is 1. The molecule has 0 aliphatic carbocycles. The molecular formula is C19H25N5O2S2. The highest BCUT2D eigenvalue weighted by molar-refractivity contribution is 7.99. The number of aromatic nitrogens is 3. The van der Waals surface area contributed by atoms with Crippen molar-refractivity contribution in [2.45, 2.75) is 45.8 Å². The van der Waals surface area contributed by atoms with Crippen molar-refractivity contribution in [2.24, 2.45) is 0 Å². The number of hydrogen-bond donors (Lipinski definition) is 2. The van der Waals surface area contributed by atoms with Gasteiger partial charge >= 0.3 is 0 Å². The first kappa shape index (κ1) is 20.6. The summed E-state index contributed by atoms with van der Waals surface area (Å²) < 4.78 is 2.07. The molecule has 2 aromatic rings. The predicted octanol–water partition coefficient (Wildman–Crippen LogP) is 2.73. The number of carbonyl (C=O) groups excluding carboxylic acids is 2. The molecule has 0 spiro atoms. The monoisotopic (exact) mass is 419 g/mol. The molecule has 7 nitrogen and oxygen atoms in total. The summed E-state index contributed by atoms with van der Waals surface area (Å²) in [5, 5.41) is 10.0. The molecule has 9 heteroatoms. The minimum atomic E-state index is -0.472. The van der Waals surface area contributed by atoms with Gasteiger partial charge in [-0.25, -0.2) is 0 Å². The van der Waals surface area contributed by atoms with Crippen LogP contribution in [0.15, 0.2) is 24.3 Å². The van der Waals surface area contributed by atoms with E-state index in [1.807, 2.05) is 52.0 Å². The Morgan fingerprint density at radius 3 is 2.64 bits per heavy atom. The fourth-order valence-electron chi connectivity index (χ4n) is 2.97. The second-order valence-corrected chi connectivity index (χ2v) is 9.31. The third-order valence-corrected chi connectivity index (χ3v) is 5.69. The van der Waals surface area contributed by atoms with Crippen LogP contribution >= 0.6 is 24.0 Å². The molecule has 0 bridgehead atoms. The van der Waals surface area contributed by atoms with E-state index in [1.54, 1.807) is 21.2 Å². The average Bonchev–Trinajstić information content (AvgIpc) is 3.22. The van der Waals surface area contributed by atoms with Gasteiger partial charge in [-0.05, 0) is 39.9 Å². The Balaban J connectivity index is 1.79. The Labute approximate surface area is 173 Å². The Kier molecular flexibility index (Phi) is 5.95. The summed E-state index contributed by atoms with van der Waals surface area (Å²) >= 11 is 6.91. The molecule has 0 radical (unpaired) electrons. The van der Waals surface area contributed by atoms with Crippen LogP contribution in [0.5, 0.6) is 0 Å². The van der Waals surface area contributed by atoms with E-state index in [1.165, 1.54) is 0 Å². The molecule has 2 amide bonds. The van der Waals surface area contributed by atoms with Gasteiger partial charge < -0.3 is 10.2 Å². The lowest BCUT2D eigenvalue weighted by molar-refractivity contribution is -0.139. The van der Waals surface area contributed by atoms with Gasteiger partial charge in [-0.3, -0.25) is 19.3 Å². The first-order valence-electron chi connectivity index (χ1n) is 9.07. The van der Waals surface area contributed by atoms with Crippen molar-refractivity contribution in [2.75, 3.05) is 11.6 Å². The number of nitrogens with zero attached hydrogens (tertiary/aromatic N) is 3. The maximum absolute atomic E-state index is 13.0. The van der Waals surface area contributed by atoms with Gasteiger partial charge in [0.2, 0.25) is 11.8 Å². The second kappa shape index (κ2) is 8.08. The normalized spacial score (nSPS) is 17.0. The zero-order valence-corrected chi connectivity index (χ0v) is 18.1. The maximum Gasteiger partial charge on any atom is 0.244 e. The lowest BCUT2D eigenvalue weighted by Gasteiger charge is -2.27. The number of aryl methyl sites for hydroxylation is 1. The van der Waals surface area contributed by atoms with Crippen LogP contribution in [0.25, 0.3) is 11.4 Å². The van der Waals surface area contributed by atoms with Crippen molar-refractivity contribution >= 4 is 35.8 Å². The summed E-state index contributed by atoms with van der Waals surface area (Å²) in [6.07, 6.45) is 0. The molecule has 1 unspecified atom stereocenters. The topological polar surface area (TPSA) is 83.0 Å². The molecule has 0 saturated carbocycles. The number of thioether (sulfide) groups is 1. The average molecular weight is 420 g/mol. The van der Waals surface area contributed by atoms with Gasteiger partial charge in [0.25, 0.3) is 0 Å². The smallest absolute Gasteiger partial charge is 0.244 e. The van der Waals surface area contributed by atoms with Gasteiger partial charge in [-0.2, -0.15) is 5.10 Å². The van der Waals surface area contributed by atoms with Crippen LogP contribution in [0.1, 0.15) is 26.3 Å². The van der Waals surface area contributed by atoms with E-state index in [0.29, 0.717) is 22.2 Å². The van der Waals surface area contributed by atoms with Crippen LogP contribution in [0.4, 0.5) is 0 Å². The molecule has 3 rings (SSSR count). The number of hydrogen-bond acceptors (Lipinski definition) is 5. The maximum atomic E-state index is 13.0. The lowest BCUT2D eigenvalue weighted by atomic mass is 10.1. The fourth-order valence-corrected chi connectivity index (χ4v) is 4.35. The molecule has 1 fully saturated rings. The summed E-state index contributed by atoms with van der Waals surface area (Å²) in [5.74, 6) is 1.42. The van der Waals surface area contributed by atoms with Gasteiger partial charge in [0.15, 0.2) is 10.6 Å². The van der Waals surface area contributed by atoms with Gasteiger partial charge in [0.1, 0.15) is 12.6 Å². The van der Waals surface area contributed by atoms with Crippen LogP contribution < -0.4 is 5.32 Å². The van der Waals surface area contributed by atoms with Crippen LogP contribution in [-0.4, -0.2) is 54.7 Å². The van der Waals surface area contributed by atoms with E-state index < -0.39 is 6.04 Å². The van der Waals surface area contributed by atoms with E-state index >= 15 is 0 Å². The molecule has 1 saturated heterocycles. The Morgan fingerprint density at radius 2 is 2.00 bits per heavy atom. The fraction of sp³-hybridized carbons (Fsp3) is 0.474. The second-order valence-electron chi connectivity index (χ2n) is 7.92. The van der Waals surface area contributed by atoms with E-state index in [9.17, 15) is 9.59 Å². The molecule has 1 atom stereocenters. The van der Waals surface area contributed by atoms with Crippen LogP contribution in [0.3, 0.4) is 0 Å². The first-order chi connectivity index (χ1) is 13.2. The highest BCUT2D eigenvalue weighted by atomic mass is 32.2. The Bertz CT molecular complexity index is 927. The van der Waals surface area contributed by atoms with Crippen LogP contribution in [0, 0.1) is 11.7 Å². The quantitative estimate of drug-likeness (QED) is 0.745. The van der Waals surface area contributed by atoms with E-state index in [-0.39, 0.29) is 23.9 Å². The molecule has 2 N–H and O–H groups in total. The summed E-state index contributed by atoms with van der Waals surface area (Å²) in [6.45, 7) is 7.84. The van der Waals surface area contributed by atoms with Crippen LogP contribution in [0.2, 0.25) is 0 Å². The van der Waals surface area contributed by atoms with Crippen molar-refractivity contribution in [3.05, 3.63) is 34.6 Å². The first-order valence-corrected chi connectivity index (χ1v) is 10.6. The molecule has 1 aliphatic heterocycles. The number of H-pyrrole nitrogens is 1. The van der Waals surface area contributed by atoms with E-state index in [2.05, 4.69) is 15.5 Å². The van der Waals surface area contributed by atoms with E-state index in [0.717, 1.165) is 11.1 Å². The summed E-state index contributed by atoms with van der Waals surface area (Å²) in [4.78, 5) is 27.2. The largest absolute Gasteiger partial charge is 0.350 e. The molecular weight excluding hydrogens is 394 g/mol. The van der Waals surface area contributed by atoms with Gasteiger partial charge in [-0.1, -0.05) is 29.8 Å². The highest BCUT2D eigenvalue weighted by Gasteiger charge is 2.36. The van der Waals surface area contributed by atoms with Crippen molar-refractivity contribution in [3.8, 4) is 11.4 Å². The number of rotatable bonds is 4.